The van der Waals surface area contributed by atoms with Crippen molar-refractivity contribution >= 4 is 28.4 Å². The lowest BCUT2D eigenvalue weighted by molar-refractivity contribution is 0.483. The van der Waals surface area contributed by atoms with Gasteiger partial charge in [0, 0.05) is 11.8 Å². The van der Waals surface area contributed by atoms with Crippen LogP contribution in [-0.4, -0.2) is 9.97 Å². The second kappa shape index (κ2) is 6.09. The minimum absolute atomic E-state index is 0.481. The largest absolute Gasteiger partial charge is 0.457 e. The maximum Gasteiger partial charge on any atom is 0.161 e. The van der Waals surface area contributed by atoms with Gasteiger partial charge in [-0.15, -0.1) is 0 Å². The molecule has 2 aromatic carbocycles. The number of hydrogen-bond acceptors (Lipinski definition) is 4. The van der Waals surface area contributed by atoms with E-state index in [1.54, 1.807) is 6.20 Å². The maximum atomic E-state index is 5.83. The number of nitrogens with zero attached hydrogens (tertiary/aromatic N) is 2. The Labute approximate surface area is 136 Å². The fourth-order valence-corrected chi connectivity index (χ4v) is 2.10. The van der Waals surface area contributed by atoms with Gasteiger partial charge >= 0.3 is 0 Å². The van der Waals surface area contributed by atoms with Crippen LogP contribution in [-0.2, 0) is 0 Å². The van der Waals surface area contributed by atoms with Gasteiger partial charge in [-0.05, 0) is 46.9 Å². The molecule has 3 aromatic rings. The second-order valence-corrected chi connectivity index (χ2v) is 5.53. The van der Waals surface area contributed by atoms with E-state index in [0.717, 1.165) is 20.6 Å². The molecule has 0 atom stereocenters. The van der Waals surface area contributed by atoms with Crippen molar-refractivity contribution in [2.75, 3.05) is 5.73 Å². The number of hydrogen-bond donors (Lipinski definition) is 1. The molecule has 1 heterocycles. The number of nitrogens with two attached hydrogens (primary N) is 1. The number of halogens is 1. The Balaban J connectivity index is 1.91. The van der Waals surface area contributed by atoms with Crippen molar-refractivity contribution < 1.29 is 4.74 Å². The summed E-state index contributed by atoms with van der Waals surface area (Å²) in [6, 6.07) is 17.3. The molecule has 0 bridgehead atoms. The normalized spacial score (nSPS) is 10.3. The van der Waals surface area contributed by atoms with Gasteiger partial charge in [0.2, 0.25) is 0 Å². The Morgan fingerprint density at radius 1 is 0.952 bits per heavy atom. The highest BCUT2D eigenvalue weighted by atomic mass is 127. The molecule has 0 saturated carbocycles. The van der Waals surface area contributed by atoms with Crippen molar-refractivity contribution in [2.24, 2.45) is 0 Å². The van der Waals surface area contributed by atoms with Crippen molar-refractivity contribution in [2.45, 2.75) is 0 Å². The van der Waals surface area contributed by atoms with Gasteiger partial charge in [0.05, 0.1) is 3.57 Å². The van der Waals surface area contributed by atoms with Gasteiger partial charge in [0.15, 0.2) is 5.82 Å². The zero-order valence-corrected chi connectivity index (χ0v) is 13.2. The third kappa shape index (κ3) is 3.30. The van der Waals surface area contributed by atoms with E-state index < -0.39 is 0 Å². The first kappa shape index (κ1) is 13.8. The van der Waals surface area contributed by atoms with Crippen LogP contribution in [0.25, 0.3) is 11.4 Å². The summed E-state index contributed by atoms with van der Waals surface area (Å²) < 4.78 is 6.65. The molecule has 0 spiro atoms. The van der Waals surface area contributed by atoms with Crippen LogP contribution < -0.4 is 10.5 Å². The monoisotopic (exact) mass is 389 g/mol. The van der Waals surface area contributed by atoms with Crippen molar-refractivity contribution in [3.63, 3.8) is 0 Å². The van der Waals surface area contributed by atoms with Crippen LogP contribution in [0.1, 0.15) is 0 Å². The quantitative estimate of drug-likeness (QED) is 0.685. The number of benzene rings is 2. The molecule has 0 fully saturated rings. The zero-order chi connectivity index (χ0) is 14.7. The Bertz CT molecular complexity index is 762. The summed E-state index contributed by atoms with van der Waals surface area (Å²) in [6.45, 7) is 0. The topological polar surface area (TPSA) is 61.0 Å². The smallest absolute Gasteiger partial charge is 0.161 e. The first-order valence-corrected chi connectivity index (χ1v) is 7.41. The van der Waals surface area contributed by atoms with Crippen molar-refractivity contribution in [1.82, 2.24) is 9.97 Å². The molecule has 4 nitrogen and oxygen atoms in total. The first-order valence-electron chi connectivity index (χ1n) is 6.34. The molecule has 0 aliphatic heterocycles. The minimum Gasteiger partial charge on any atom is -0.457 e. The van der Waals surface area contributed by atoms with E-state index >= 15 is 0 Å². The number of para-hydroxylation sites is 1. The highest BCUT2D eigenvalue weighted by molar-refractivity contribution is 14.1. The lowest BCUT2D eigenvalue weighted by Gasteiger charge is -2.07. The lowest BCUT2D eigenvalue weighted by atomic mass is 10.2. The van der Waals surface area contributed by atoms with Gasteiger partial charge in [-0.25, -0.2) is 9.97 Å². The summed E-state index contributed by atoms with van der Waals surface area (Å²) in [7, 11) is 0. The van der Waals surface area contributed by atoms with Crippen molar-refractivity contribution in [1.29, 1.82) is 0 Å². The van der Waals surface area contributed by atoms with Gasteiger partial charge in [-0.1, -0.05) is 30.3 Å². The zero-order valence-electron chi connectivity index (χ0n) is 11.0. The Morgan fingerprint density at radius 2 is 1.71 bits per heavy atom. The van der Waals surface area contributed by atoms with Crippen LogP contribution >= 0.6 is 22.6 Å². The summed E-state index contributed by atoms with van der Waals surface area (Å²) in [4.78, 5) is 8.60. The summed E-state index contributed by atoms with van der Waals surface area (Å²) in [5, 5.41) is 0. The average molecular weight is 389 g/mol. The van der Waals surface area contributed by atoms with Crippen molar-refractivity contribution in [3.8, 4) is 22.9 Å². The number of anilines is 1. The molecule has 3 rings (SSSR count). The molecule has 21 heavy (non-hydrogen) atoms. The van der Waals surface area contributed by atoms with E-state index in [1.165, 1.54) is 0 Å². The Kier molecular flexibility index (Phi) is 4.01. The average Bonchev–Trinajstić information content (AvgIpc) is 2.51. The van der Waals surface area contributed by atoms with Crippen LogP contribution in [0.3, 0.4) is 0 Å². The lowest BCUT2D eigenvalue weighted by Crippen LogP contribution is -1.98. The highest BCUT2D eigenvalue weighted by Crippen LogP contribution is 2.26. The number of aromatic nitrogens is 2. The standard InChI is InChI=1S/C16H12IN3O/c17-14-10-19-16(20-15(14)18)11-5-4-8-13(9-11)21-12-6-2-1-3-7-12/h1-10H,(H2,18,19,20). The molecular formula is C16H12IN3O. The first-order chi connectivity index (χ1) is 10.2. The van der Waals surface area contributed by atoms with E-state index in [2.05, 4.69) is 32.6 Å². The van der Waals surface area contributed by atoms with Crippen LogP contribution in [0, 0.1) is 3.57 Å². The second-order valence-electron chi connectivity index (χ2n) is 4.37. The summed E-state index contributed by atoms with van der Waals surface area (Å²) >= 11 is 2.11. The number of ether oxygens (including phenoxy) is 1. The van der Waals surface area contributed by atoms with E-state index in [0.29, 0.717) is 11.6 Å². The molecule has 0 aliphatic rings. The van der Waals surface area contributed by atoms with E-state index in [4.69, 9.17) is 10.5 Å². The Morgan fingerprint density at radius 3 is 2.48 bits per heavy atom. The van der Waals surface area contributed by atoms with E-state index in [9.17, 15) is 0 Å². The van der Waals surface area contributed by atoms with E-state index in [-0.39, 0.29) is 0 Å². The van der Waals surface area contributed by atoms with Crippen LogP contribution in [0.4, 0.5) is 5.82 Å². The van der Waals surface area contributed by atoms with Crippen molar-refractivity contribution in [3.05, 3.63) is 64.4 Å². The van der Waals surface area contributed by atoms with Crippen LogP contribution in [0.5, 0.6) is 11.5 Å². The molecule has 0 radical (unpaired) electrons. The predicted octanol–water partition coefficient (Wildman–Crippen LogP) is 4.12. The molecule has 0 amide bonds. The molecular weight excluding hydrogens is 377 g/mol. The Hall–Kier alpha value is -2.15. The molecule has 1 aromatic heterocycles. The molecule has 2 N–H and O–H groups in total. The summed E-state index contributed by atoms with van der Waals surface area (Å²) in [5.74, 6) is 2.60. The van der Waals surface area contributed by atoms with Gasteiger partial charge in [0.1, 0.15) is 17.3 Å². The summed E-state index contributed by atoms with van der Waals surface area (Å²) in [6.07, 6.45) is 1.71. The van der Waals surface area contributed by atoms with Crippen LogP contribution in [0.15, 0.2) is 60.8 Å². The number of rotatable bonds is 3. The van der Waals surface area contributed by atoms with Gasteiger partial charge in [0.25, 0.3) is 0 Å². The fraction of sp³-hybridized carbons (Fsp3) is 0. The third-order valence-electron chi connectivity index (χ3n) is 2.84. The predicted molar refractivity (Wildman–Crippen MR) is 91.1 cm³/mol. The highest BCUT2D eigenvalue weighted by Gasteiger charge is 2.06. The molecule has 0 saturated heterocycles. The van der Waals surface area contributed by atoms with Crippen LogP contribution in [0.2, 0.25) is 0 Å². The van der Waals surface area contributed by atoms with Gasteiger partial charge in [-0.3, -0.25) is 0 Å². The maximum absolute atomic E-state index is 5.83. The third-order valence-corrected chi connectivity index (χ3v) is 3.67. The number of nitrogen functional groups attached to an aromatic ring is 1. The minimum atomic E-state index is 0.481. The van der Waals surface area contributed by atoms with E-state index in [1.807, 2.05) is 54.6 Å². The van der Waals surface area contributed by atoms with Gasteiger partial charge < -0.3 is 10.5 Å². The molecule has 0 unspecified atom stereocenters. The molecule has 5 heteroatoms. The summed E-state index contributed by atoms with van der Waals surface area (Å²) in [5.41, 5.74) is 6.70. The molecule has 0 aliphatic carbocycles. The SMILES string of the molecule is Nc1nc(-c2cccc(Oc3ccccc3)c2)ncc1I. The fourth-order valence-electron chi connectivity index (χ4n) is 1.84. The van der Waals surface area contributed by atoms with Gasteiger partial charge in [-0.2, -0.15) is 0 Å². The molecule has 104 valence electrons.